The molecule has 5 rings (SSSR count). The van der Waals surface area contributed by atoms with E-state index in [0.717, 1.165) is 10.8 Å². The van der Waals surface area contributed by atoms with Crippen molar-refractivity contribution in [2.24, 2.45) is 0 Å². The van der Waals surface area contributed by atoms with Crippen LogP contribution in [0.3, 0.4) is 0 Å². The van der Waals surface area contributed by atoms with Gasteiger partial charge in [-0.1, -0.05) is 24.3 Å². The van der Waals surface area contributed by atoms with Gasteiger partial charge in [0.25, 0.3) is 5.91 Å². The molecule has 0 unspecified atom stereocenters. The van der Waals surface area contributed by atoms with Crippen LogP contribution in [0, 0.1) is 0 Å². The lowest BCUT2D eigenvalue weighted by Crippen LogP contribution is -2.39. The van der Waals surface area contributed by atoms with Crippen LogP contribution in [0.25, 0.3) is 21.8 Å². The van der Waals surface area contributed by atoms with Crippen LogP contribution in [0.5, 0.6) is 11.5 Å². The molecule has 34 heavy (non-hydrogen) atoms. The number of aromatic hydroxyl groups is 2. The van der Waals surface area contributed by atoms with Crippen molar-refractivity contribution in [3.8, 4) is 11.5 Å². The third-order valence-corrected chi connectivity index (χ3v) is 6.24. The summed E-state index contributed by atoms with van der Waals surface area (Å²) < 4.78 is 5.62. The highest BCUT2D eigenvalue weighted by Gasteiger charge is 2.27. The van der Waals surface area contributed by atoms with Crippen molar-refractivity contribution < 1.29 is 24.5 Å². The number of carbonyl (C=O) groups is 2. The van der Waals surface area contributed by atoms with E-state index in [2.05, 4.69) is 15.3 Å². The summed E-state index contributed by atoms with van der Waals surface area (Å²) in [4.78, 5) is 33.7. The number of esters is 1. The minimum atomic E-state index is -0.592. The topological polar surface area (TPSA) is 122 Å². The molecule has 0 aliphatic heterocycles. The minimum absolute atomic E-state index is 0.0852. The average molecular weight is 457 g/mol. The van der Waals surface area contributed by atoms with E-state index >= 15 is 0 Å². The summed E-state index contributed by atoms with van der Waals surface area (Å²) in [5.74, 6) is -1.28. The first kappa shape index (κ1) is 21.6. The maximum absolute atomic E-state index is 12.7. The fraction of sp³-hybridized carbons (Fsp3) is 0.231. The van der Waals surface area contributed by atoms with E-state index in [0.29, 0.717) is 36.7 Å². The lowest BCUT2D eigenvalue weighted by molar-refractivity contribution is 0.0181. The van der Waals surface area contributed by atoms with Gasteiger partial charge in [0.2, 0.25) is 0 Å². The van der Waals surface area contributed by atoms with Crippen LogP contribution in [-0.4, -0.2) is 44.2 Å². The monoisotopic (exact) mass is 457 g/mol. The van der Waals surface area contributed by atoms with Crippen LogP contribution in [0.2, 0.25) is 0 Å². The quantitative estimate of drug-likeness (QED) is 0.395. The molecule has 0 radical (unpaired) electrons. The van der Waals surface area contributed by atoms with Crippen molar-refractivity contribution in [3.05, 3.63) is 72.1 Å². The third kappa shape index (κ3) is 4.10. The van der Waals surface area contributed by atoms with Gasteiger partial charge in [-0.05, 0) is 49.9 Å². The molecule has 0 atom stereocenters. The van der Waals surface area contributed by atoms with Gasteiger partial charge in [0.1, 0.15) is 22.7 Å². The first-order valence-corrected chi connectivity index (χ1v) is 11.2. The van der Waals surface area contributed by atoms with E-state index in [9.17, 15) is 19.8 Å². The maximum atomic E-state index is 12.7. The van der Waals surface area contributed by atoms with Crippen LogP contribution in [0.4, 0.5) is 0 Å². The van der Waals surface area contributed by atoms with Gasteiger partial charge >= 0.3 is 5.97 Å². The molecule has 0 bridgehead atoms. The molecule has 2 aromatic carbocycles. The number of pyridine rings is 2. The number of nitrogens with one attached hydrogen (secondary N) is 1. The summed E-state index contributed by atoms with van der Waals surface area (Å²) in [7, 11) is 0. The summed E-state index contributed by atoms with van der Waals surface area (Å²) in [6, 6.07) is 13.7. The molecule has 4 aromatic rings. The molecule has 172 valence electrons. The Morgan fingerprint density at radius 1 is 0.794 bits per heavy atom. The number of phenols is 2. The number of aromatic nitrogens is 2. The lowest BCUT2D eigenvalue weighted by atomic mass is 9.92. The summed E-state index contributed by atoms with van der Waals surface area (Å²) in [5, 5.41) is 25.4. The van der Waals surface area contributed by atoms with Gasteiger partial charge in [-0.2, -0.15) is 0 Å². The van der Waals surface area contributed by atoms with Crippen molar-refractivity contribution in [1.29, 1.82) is 0 Å². The third-order valence-electron chi connectivity index (χ3n) is 6.24. The Labute approximate surface area is 195 Å². The van der Waals surface area contributed by atoms with E-state index in [1.165, 1.54) is 0 Å². The number of hydrogen-bond acceptors (Lipinski definition) is 7. The van der Waals surface area contributed by atoms with E-state index in [1.807, 2.05) is 6.07 Å². The molecule has 1 fully saturated rings. The molecule has 2 aromatic heterocycles. The standard InChI is InChI=1S/C26H23N3O5/c30-23-19(11-5-15-3-1-13-27-21(15)23)25(32)29-17-7-9-18(10-8-17)34-26(33)20-12-6-16-4-2-14-28-22(16)24(20)31/h1-6,11-14,17-18,30-31H,7-10H2,(H,29,32)/t17-,18-. The Morgan fingerprint density at radius 2 is 1.35 bits per heavy atom. The highest BCUT2D eigenvalue weighted by Crippen LogP contribution is 2.30. The van der Waals surface area contributed by atoms with Gasteiger partial charge in [-0.15, -0.1) is 0 Å². The van der Waals surface area contributed by atoms with E-state index in [-0.39, 0.29) is 40.7 Å². The number of hydrogen-bond donors (Lipinski definition) is 3. The van der Waals surface area contributed by atoms with Gasteiger partial charge in [0.15, 0.2) is 11.5 Å². The molecule has 1 amide bonds. The van der Waals surface area contributed by atoms with Crippen LogP contribution in [-0.2, 0) is 4.74 Å². The van der Waals surface area contributed by atoms with E-state index in [1.54, 1.807) is 54.9 Å². The molecule has 2 heterocycles. The Kier molecular flexibility index (Phi) is 5.71. The normalized spacial score (nSPS) is 18.0. The summed E-state index contributed by atoms with van der Waals surface area (Å²) >= 11 is 0. The molecule has 1 aliphatic carbocycles. The van der Waals surface area contributed by atoms with Crippen molar-refractivity contribution in [2.45, 2.75) is 37.8 Å². The van der Waals surface area contributed by atoms with Gasteiger partial charge < -0.3 is 20.3 Å². The van der Waals surface area contributed by atoms with Crippen molar-refractivity contribution in [2.75, 3.05) is 0 Å². The number of benzene rings is 2. The van der Waals surface area contributed by atoms with Crippen molar-refractivity contribution in [1.82, 2.24) is 15.3 Å². The second-order valence-electron chi connectivity index (χ2n) is 8.43. The number of nitrogens with zero attached hydrogens (tertiary/aromatic N) is 2. The highest BCUT2D eigenvalue weighted by atomic mass is 16.5. The first-order valence-electron chi connectivity index (χ1n) is 11.2. The van der Waals surface area contributed by atoms with E-state index in [4.69, 9.17) is 4.74 Å². The second kappa shape index (κ2) is 8.97. The van der Waals surface area contributed by atoms with Gasteiger partial charge in [-0.3, -0.25) is 14.8 Å². The number of rotatable bonds is 4. The second-order valence-corrected chi connectivity index (χ2v) is 8.43. The number of carbonyl (C=O) groups excluding carboxylic acids is 2. The summed E-state index contributed by atoms with van der Waals surface area (Å²) in [6.45, 7) is 0. The molecule has 1 aliphatic rings. The summed E-state index contributed by atoms with van der Waals surface area (Å²) in [6.07, 6.45) is 5.23. The Bertz CT molecular complexity index is 1290. The van der Waals surface area contributed by atoms with Crippen LogP contribution in [0.15, 0.2) is 60.9 Å². The number of phenolic OH excluding ortho intramolecular Hbond substituents is 2. The molecule has 8 heteroatoms. The molecule has 0 saturated heterocycles. The molecule has 1 saturated carbocycles. The molecular formula is C26H23N3O5. The zero-order chi connectivity index (χ0) is 23.7. The SMILES string of the molecule is O=C(N[C@H]1CC[C@H](OC(=O)c2ccc3cccnc3c2O)CC1)c1ccc2cccnc2c1O. The molecule has 8 nitrogen and oxygen atoms in total. The predicted molar refractivity (Wildman–Crippen MR) is 126 cm³/mol. The Balaban J connectivity index is 1.19. The number of ether oxygens (including phenoxy) is 1. The fourth-order valence-corrected chi connectivity index (χ4v) is 4.41. The zero-order valence-electron chi connectivity index (χ0n) is 18.3. The van der Waals surface area contributed by atoms with Crippen LogP contribution in [0.1, 0.15) is 46.4 Å². The van der Waals surface area contributed by atoms with E-state index < -0.39 is 5.97 Å². The zero-order valence-corrected chi connectivity index (χ0v) is 18.3. The Morgan fingerprint density at radius 3 is 1.97 bits per heavy atom. The first-order chi connectivity index (χ1) is 16.5. The summed E-state index contributed by atoms with van der Waals surface area (Å²) in [5.41, 5.74) is 1.01. The highest BCUT2D eigenvalue weighted by molar-refractivity contribution is 6.02. The van der Waals surface area contributed by atoms with Crippen LogP contribution < -0.4 is 5.32 Å². The lowest BCUT2D eigenvalue weighted by Gasteiger charge is -2.29. The largest absolute Gasteiger partial charge is 0.505 e. The maximum Gasteiger partial charge on any atom is 0.342 e. The predicted octanol–water partition coefficient (Wildman–Crippen LogP) is 4.09. The molecule has 3 N–H and O–H groups in total. The fourth-order valence-electron chi connectivity index (χ4n) is 4.41. The Hall–Kier alpha value is -4.20. The van der Waals surface area contributed by atoms with Crippen molar-refractivity contribution in [3.63, 3.8) is 0 Å². The van der Waals surface area contributed by atoms with Crippen LogP contribution >= 0.6 is 0 Å². The molecule has 0 spiro atoms. The van der Waals surface area contributed by atoms with Crippen molar-refractivity contribution >= 4 is 33.7 Å². The number of amides is 1. The number of fused-ring (bicyclic) bond motifs is 2. The minimum Gasteiger partial charge on any atom is -0.505 e. The van der Waals surface area contributed by atoms with Gasteiger partial charge in [-0.25, -0.2) is 4.79 Å². The van der Waals surface area contributed by atoms with Gasteiger partial charge in [0.05, 0.1) is 5.56 Å². The average Bonchev–Trinajstić information content (AvgIpc) is 2.86. The molecular weight excluding hydrogens is 434 g/mol. The van der Waals surface area contributed by atoms with Gasteiger partial charge in [0, 0.05) is 29.2 Å². The smallest absolute Gasteiger partial charge is 0.342 e.